The lowest BCUT2D eigenvalue weighted by Gasteiger charge is -2.29. The second-order valence-electron chi connectivity index (χ2n) is 5.50. The molecule has 0 atom stereocenters. The molecule has 0 spiro atoms. The average Bonchev–Trinajstić information content (AvgIpc) is 2.54. The minimum Gasteiger partial charge on any atom is -0.466 e. The van der Waals surface area contributed by atoms with E-state index in [-0.39, 0.29) is 17.5 Å². The van der Waals surface area contributed by atoms with Crippen LogP contribution in [-0.2, 0) is 0 Å². The zero-order chi connectivity index (χ0) is 17.3. The largest absolute Gasteiger partial charge is 0.466 e. The standard InChI is InChI=1S/C16H12N4O4/c1-16(2)19-15(12-7-10(8-17)3-5-13(12)24-16)23-14-6-4-11(9-18-14)20(21)22/h3-7,9H,1-2H3. The highest BCUT2D eigenvalue weighted by atomic mass is 16.6. The van der Waals surface area contributed by atoms with E-state index in [1.54, 1.807) is 32.0 Å². The summed E-state index contributed by atoms with van der Waals surface area (Å²) in [6.45, 7) is 3.53. The molecule has 1 aliphatic rings. The molecule has 1 aromatic heterocycles. The molecule has 2 aromatic rings. The van der Waals surface area contributed by atoms with Crippen molar-refractivity contribution >= 4 is 11.6 Å². The third-order valence-corrected chi connectivity index (χ3v) is 3.20. The first-order valence-corrected chi connectivity index (χ1v) is 7.00. The first-order chi connectivity index (χ1) is 11.4. The van der Waals surface area contributed by atoms with Crippen LogP contribution in [0.5, 0.6) is 11.6 Å². The summed E-state index contributed by atoms with van der Waals surface area (Å²) in [5.41, 5.74) is -0.0284. The molecule has 0 bridgehead atoms. The van der Waals surface area contributed by atoms with E-state index in [2.05, 4.69) is 9.98 Å². The van der Waals surface area contributed by atoms with Gasteiger partial charge in [-0.3, -0.25) is 10.1 Å². The van der Waals surface area contributed by atoms with E-state index in [0.717, 1.165) is 6.20 Å². The van der Waals surface area contributed by atoms with Crippen molar-refractivity contribution in [1.29, 1.82) is 5.26 Å². The van der Waals surface area contributed by atoms with E-state index in [1.165, 1.54) is 12.1 Å². The van der Waals surface area contributed by atoms with Gasteiger partial charge in [-0.25, -0.2) is 9.98 Å². The van der Waals surface area contributed by atoms with Gasteiger partial charge in [-0.05, 0) is 32.0 Å². The van der Waals surface area contributed by atoms with Gasteiger partial charge in [0, 0.05) is 12.1 Å². The Kier molecular flexibility index (Phi) is 3.62. The lowest BCUT2D eigenvalue weighted by molar-refractivity contribution is -0.385. The number of fused-ring (bicyclic) bond motifs is 1. The molecule has 1 aliphatic heterocycles. The number of benzene rings is 1. The molecule has 2 heterocycles. The minimum absolute atomic E-state index is 0.135. The molecule has 24 heavy (non-hydrogen) atoms. The maximum Gasteiger partial charge on any atom is 0.287 e. The van der Waals surface area contributed by atoms with Gasteiger partial charge in [-0.15, -0.1) is 0 Å². The highest BCUT2D eigenvalue weighted by molar-refractivity contribution is 5.99. The molecule has 0 amide bonds. The van der Waals surface area contributed by atoms with Gasteiger partial charge in [0.15, 0.2) is 5.72 Å². The fourth-order valence-corrected chi connectivity index (χ4v) is 2.17. The van der Waals surface area contributed by atoms with Crippen LogP contribution in [0.4, 0.5) is 5.69 Å². The summed E-state index contributed by atoms with van der Waals surface area (Å²) >= 11 is 0. The zero-order valence-electron chi connectivity index (χ0n) is 12.9. The van der Waals surface area contributed by atoms with E-state index in [9.17, 15) is 10.1 Å². The van der Waals surface area contributed by atoms with Crippen LogP contribution in [0.1, 0.15) is 25.0 Å². The predicted octanol–water partition coefficient (Wildman–Crippen LogP) is 2.82. The molecule has 0 fully saturated rings. The van der Waals surface area contributed by atoms with Gasteiger partial charge >= 0.3 is 0 Å². The van der Waals surface area contributed by atoms with Crippen LogP contribution in [0.3, 0.4) is 0 Å². The van der Waals surface area contributed by atoms with Gasteiger partial charge in [-0.2, -0.15) is 5.26 Å². The van der Waals surface area contributed by atoms with Crippen molar-refractivity contribution in [2.45, 2.75) is 19.6 Å². The summed E-state index contributed by atoms with van der Waals surface area (Å²) in [6.07, 6.45) is 1.10. The fraction of sp³-hybridized carbons (Fsp3) is 0.188. The Balaban J connectivity index is 1.98. The Morgan fingerprint density at radius 1 is 1.33 bits per heavy atom. The van der Waals surface area contributed by atoms with Crippen LogP contribution in [-0.4, -0.2) is 21.5 Å². The SMILES string of the molecule is CC1(C)N=C(Oc2ccc([N+](=O)[O-])cn2)c2cc(C#N)ccc2O1. The van der Waals surface area contributed by atoms with Crippen molar-refractivity contribution < 1.29 is 14.4 Å². The second-order valence-corrected chi connectivity index (χ2v) is 5.50. The van der Waals surface area contributed by atoms with Gasteiger partial charge in [-0.1, -0.05) is 0 Å². The molecule has 0 saturated carbocycles. The Labute approximate surface area is 137 Å². The quantitative estimate of drug-likeness (QED) is 0.620. The smallest absolute Gasteiger partial charge is 0.287 e. The Bertz CT molecular complexity index is 882. The summed E-state index contributed by atoms with van der Waals surface area (Å²) in [4.78, 5) is 18.4. The highest BCUT2D eigenvalue weighted by Crippen LogP contribution is 2.31. The topological polar surface area (TPSA) is 111 Å². The molecule has 0 saturated heterocycles. The van der Waals surface area contributed by atoms with Crippen LogP contribution in [0.2, 0.25) is 0 Å². The van der Waals surface area contributed by atoms with E-state index in [0.29, 0.717) is 16.9 Å². The predicted molar refractivity (Wildman–Crippen MR) is 83.9 cm³/mol. The molecular weight excluding hydrogens is 312 g/mol. The maximum absolute atomic E-state index is 10.7. The number of aromatic nitrogens is 1. The Morgan fingerprint density at radius 2 is 2.12 bits per heavy atom. The molecule has 3 rings (SSSR count). The highest BCUT2D eigenvalue weighted by Gasteiger charge is 2.30. The second kappa shape index (κ2) is 5.62. The van der Waals surface area contributed by atoms with Gasteiger partial charge < -0.3 is 9.47 Å². The molecule has 0 N–H and O–H groups in total. The van der Waals surface area contributed by atoms with E-state index in [4.69, 9.17) is 14.7 Å². The summed E-state index contributed by atoms with van der Waals surface area (Å²) in [7, 11) is 0. The Morgan fingerprint density at radius 3 is 2.75 bits per heavy atom. The van der Waals surface area contributed by atoms with Crippen molar-refractivity contribution in [2.75, 3.05) is 0 Å². The van der Waals surface area contributed by atoms with Gasteiger partial charge in [0.2, 0.25) is 11.8 Å². The molecule has 8 nitrogen and oxygen atoms in total. The number of rotatable bonds is 2. The molecule has 0 aliphatic carbocycles. The number of nitrogens with zero attached hydrogens (tertiary/aromatic N) is 4. The van der Waals surface area contributed by atoms with Crippen molar-refractivity contribution in [1.82, 2.24) is 4.98 Å². The first-order valence-electron chi connectivity index (χ1n) is 7.00. The normalized spacial score (nSPS) is 14.6. The van der Waals surface area contributed by atoms with Crippen molar-refractivity contribution in [3.8, 4) is 17.7 Å². The number of nitriles is 1. The first kappa shape index (κ1) is 15.4. The maximum atomic E-state index is 10.7. The fourth-order valence-electron chi connectivity index (χ4n) is 2.17. The van der Waals surface area contributed by atoms with Gasteiger partial charge in [0.1, 0.15) is 11.9 Å². The van der Waals surface area contributed by atoms with Crippen molar-refractivity contribution in [2.24, 2.45) is 4.99 Å². The number of pyridine rings is 1. The Hall–Kier alpha value is -3.47. The summed E-state index contributed by atoms with van der Waals surface area (Å²) in [5, 5.41) is 19.7. The summed E-state index contributed by atoms with van der Waals surface area (Å²) in [6, 6.07) is 9.65. The molecule has 0 radical (unpaired) electrons. The van der Waals surface area contributed by atoms with Crippen LogP contribution in [0, 0.1) is 21.4 Å². The van der Waals surface area contributed by atoms with Crippen LogP contribution < -0.4 is 9.47 Å². The summed E-state index contributed by atoms with van der Waals surface area (Å²) < 4.78 is 11.4. The molecule has 0 unspecified atom stereocenters. The van der Waals surface area contributed by atoms with Gasteiger partial charge in [0.05, 0.1) is 22.1 Å². The zero-order valence-corrected chi connectivity index (χ0v) is 12.9. The number of nitro groups is 1. The van der Waals surface area contributed by atoms with E-state index >= 15 is 0 Å². The molecule has 8 heteroatoms. The molecule has 120 valence electrons. The lowest BCUT2D eigenvalue weighted by atomic mass is 10.1. The van der Waals surface area contributed by atoms with Crippen molar-refractivity contribution in [3.63, 3.8) is 0 Å². The van der Waals surface area contributed by atoms with E-state index in [1.807, 2.05) is 6.07 Å². The third-order valence-electron chi connectivity index (χ3n) is 3.20. The average molecular weight is 324 g/mol. The monoisotopic (exact) mass is 324 g/mol. The van der Waals surface area contributed by atoms with Gasteiger partial charge in [0.25, 0.3) is 5.69 Å². The number of hydrogen-bond donors (Lipinski definition) is 0. The molecule has 1 aromatic carbocycles. The van der Waals surface area contributed by atoms with Crippen LogP contribution in [0.15, 0.2) is 41.5 Å². The van der Waals surface area contributed by atoms with E-state index < -0.39 is 10.6 Å². The lowest BCUT2D eigenvalue weighted by Crippen LogP contribution is -2.34. The molecular formula is C16H12N4O4. The van der Waals surface area contributed by atoms with Crippen LogP contribution >= 0.6 is 0 Å². The number of hydrogen-bond acceptors (Lipinski definition) is 7. The third kappa shape index (κ3) is 3.01. The number of aliphatic imine (C=N–C) groups is 1. The number of ether oxygens (including phenoxy) is 2. The van der Waals surface area contributed by atoms with Crippen molar-refractivity contribution in [3.05, 3.63) is 57.8 Å². The summed E-state index contributed by atoms with van der Waals surface area (Å²) in [5.74, 6) is 0.927. The van der Waals surface area contributed by atoms with Crippen LogP contribution in [0.25, 0.3) is 0 Å². The minimum atomic E-state index is -0.850.